The van der Waals surface area contributed by atoms with Gasteiger partial charge in [0.15, 0.2) is 5.96 Å². The van der Waals surface area contributed by atoms with Crippen LogP contribution >= 0.6 is 24.0 Å². The highest BCUT2D eigenvalue weighted by molar-refractivity contribution is 14.0. The Balaban J connectivity index is 0.00000364. The molecule has 1 amide bonds. The van der Waals surface area contributed by atoms with Crippen molar-refractivity contribution in [1.82, 2.24) is 15.5 Å². The molecule has 1 aromatic rings. The molecule has 0 radical (unpaired) electrons. The molecule has 1 aromatic carbocycles. The fourth-order valence-electron chi connectivity index (χ4n) is 2.96. The molecule has 2 N–H and O–H groups in total. The number of hydrogen-bond acceptors (Lipinski definition) is 3. The summed E-state index contributed by atoms with van der Waals surface area (Å²) in [6, 6.07) is 10.2. The Bertz CT molecular complexity index is 573. The summed E-state index contributed by atoms with van der Waals surface area (Å²) in [5, 5.41) is 6.23. The van der Waals surface area contributed by atoms with Crippen molar-refractivity contribution in [2.45, 2.75) is 52.2 Å². The first-order valence-corrected chi connectivity index (χ1v) is 9.62. The quantitative estimate of drug-likeness (QED) is 0.352. The maximum atomic E-state index is 11.8. The topological polar surface area (TPSA) is 66.0 Å². The lowest BCUT2D eigenvalue weighted by Gasteiger charge is -2.34. The summed E-state index contributed by atoms with van der Waals surface area (Å²) in [6.07, 6.45) is 2.59. The van der Waals surface area contributed by atoms with Crippen LogP contribution in [0.4, 0.5) is 0 Å². The molecule has 0 spiro atoms. The minimum absolute atomic E-state index is 0. The number of piperidine rings is 1. The lowest BCUT2D eigenvalue weighted by atomic mass is 10.1. The third kappa shape index (κ3) is 8.81. The Morgan fingerprint density at radius 3 is 2.52 bits per heavy atom. The van der Waals surface area contributed by atoms with E-state index in [9.17, 15) is 4.79 Å². The van der Waals surface area contributed by atoms with Gasteiger partial charge in [0.25, 0.3) is 0 Å². The van der Waals surface area contributed by atoms with E-state index in [1.807, 2.05) is 44.2 Å². The minimum atomic E-state index is 0. The first kappa shape index (κ1) is 23.5. The summed E-state index contributed by atoms with van der Waals surface area (Å²) >= 11 is 0. The highest BCUT2D eigenvalue weighted by atomic mass is 127. The number of halogens is 1. The largest absolute Gasteiger partial charge is 0.490 e. The van der Waals surface area contributed by atoms with Gasteiger partial charge in [0.1, 0.15) is 11.9 Å². The average Bonchev–Trinajstić information content (AvgIpc) is 2.62. The number of rotatable bonds is 7. The van der Waals surface area contributed by atoms with Crippen LogP contribution in [0.25, 0.3) is 0 Å². The molecular formula is C20H33IN4O2. The number of benzene rings is 1. The predicted molar refractivity (Wildman–Crippen MR) is 121 cm³/mol. The van der Waals surface area contributed by atoms with Crippen LogP contribution in [-0.4, -0.2) is 55.1 Å². The molecule has 2 rings (SSSR count). The standard InChI is InChI=1S/C20H32N4O2.HI/c1-4-21-20(22-13-10-19(25)23-16(2)3)24-14-11-18(12-15-24)26-17-8-6-5-7-9-17;/h5-9,16,18H,4,10-15H2,1-3H3,(H,21,22)(H,23,25);1H. The van der Waals surface area contributed by atoms with Crippen LogP contribution in [0.3, 0.4) is 0 Å². The van der Waals surface area contributed by atoms with Crippen LogP contribution in [0, 0.1) is 0 Å². The summed E-state index contributed by atoms with van der Waals surface area (Å²) in [7, 11) is 0. The molecule has 1 aliphatic heterocycles. The summed E-state index contributed by atoms with van der Waals surface area (Å²) in [6.45, 7) is 9.12. The molecule has 1 aliphatic rings. The Labute approximate surface area is 180 Å². The number of carbonyl (C=O) groups is 1. The Morgan fingerprint density at radius 1 is 1.26 bits per heavy atom. The van der Waals surface area contributed by atoms with Gasteiger partial charge < -0.3 is 20.3 Å². The Hall–Kier alpha value is -1.51. The van der Waals surface area contributed by atoms with E-state index in [0.717, 1.165) is 44.2 Å². The van der Waals surface area contributed by atoms with Crippen molar-refractivity contribution in [3.05, 3.63) is 30.3 Å². The zero-order valence-corrected chi connectivity index (χ0v) is 18.9. The zero-order chi connectivity index (χ0) is 18.8. The molecule has 0 aliphatic carbocycles. The van der Waals surface area contributed by atoms with Crippen molar-refractivity contribution in [2.24, 2.45) is 4.99 Å². The molecule has 0 bridgehead atoms. The van der Waals surface area contributed by atoms with E-state index in [-0.39, 0.29) is 42.0 Å². The average molecular weight is 488 g/mol. The van der Waals surface area contributed by atoms with Gasteiger partial charge in [-0.1, -0.05) is 18.2 Å². The Morgan fingerprint density at radius 2 is 1.93 bits per heavy atom. The van der Waals surface area contributed by atoms with Gasteiger partial charge in [0, 0.05) is 44.9 Å². The van der Waals surface area contributed by atoms with Gasteiger partial charge in [-0.25, -0.2) is 0 Å². The third-order valence-corrected chi connectivity index (χ3v) is 4.17. The second kappa shape index (κ2) is 12.8. The fraction of sp³-hybridized carbons (Fsp3) is 0.600. The Kier molecular flexibility index (Phi) is 11.2. The molecule has 0 saturated carbocycles. The monoisotopic (exact) mass is 488 g/mol. The normalized spacial score (nSPS) is 15.3. The summed E-state index contributed by atoms with van der Waals surface area (Å²) in [5.41, 5.74) is 0. The van der Waals surface area contributed by atoms with Gasteiger partial charge >= 0.3 is 0 Å². The maximum Gasteiger partial charge on any atom is 0.222 e. The molecule has 0 unspecified atom stereocenters. The first-order valence-electron chi connectivity index (χ1n) is 9.62. The van der Waals surface area contributed by atoms with E-state index in [1.54, 1.807) is 0 Å². The van der Waals surface area contributed by atoms with Gasteiger partial charge in [-0.3, -0.25) is 9.79 Å². The maximum absolute atomic E-state index is 11.8. The van der Waals surface area contributed by atoms with Gasteiger partial charge in [-0.05, 0) is 32.9 Å². The van der Waals surface area contributed by atoms with E-state index >= 15 is 0 Å². The molecule has 152 valence electrons. The van der Waals surface area contributed by atoms with Gasteiger partial charge in [-0.15, -0.1) is 24.0 Å². The number of nitrogens with one attached hydrogen (secondary N) is 2. The van der Waals surface area contributed by atoms with Crippen molar-refractivity contribution in [2.75, 3.05) is 26.2 Å². The van der Waals surface area contributed by atoms with Crippen LogP contribution in [0.15, 0.2) is 35.3 Å². The molecule has 1 heterocycles. The van der Waals surface area contributed by atoms with Crippen LogP contribution in [0.1, 0.15) is 40.0 Å². The number of amides is 1. The van der Waals surface area contributed by atoms with Crippen molar-refractivity contribution in [3.63, 3.8) is 0 Å². The number of guanidine groups is 1. The lowest BCUT2D eigenvalue weighted by Crippen LogP contribution is -2.47. The lowest BCUT2D eigenvalue weighted by molar-refractivity contribution is -0.121. The zero-order valence-electron chi connectivity index (χ0n) is 16.6. The number of nitrogens with zero attached hydrogens (tertiary/aromatic N) is 2. The minimum Gasteiger partial charge on any atom is -0.490 e. The first-order chi connectivity index (χ1) is 12.6. The van der Waals surface area contributed by atoms with E-state index in [4.69, 9.17) is 4.74 Å². The molecule has 1 fully saturated rings. The molecule has 27 heavy (non-hydrogen) atoms. The third-order valence-electron chi connectivity index (χ3n) is 4.17. The second-order valence-electron chi connectivity index (χ2n) is 6.83. The van der Waals surface area contributed by atoms with Gasteiger partial charge in [0.2, 0.25) is 5.91 Å². The van der Waals surface area contributed by atoms with Gasteiger partial charge in [0.05, 0.1) is 6.54 Å². The van der Waals surface area contributed by atoms with Crippen molar-refractivity contribution in [1.29, 1.82) is 0 Å². The van der Waals surface area contributed by atoms with E-state index in [0.29, 0.717) is 13.0 Å². The molecule has 0 atom stereocenters. The fourth-order valence-corrected chi connectivity index (χ4v) is 2.96. The van der Waals surface area contributed by atoms with Crippen molar-refractivity contribution < 1.29 is 9.53 Å². The van der Waals surface area contributed by atoms with Crippen LogP contribution in [0.5, 0.6) is 5.75 Å². The summed E-state index contributed by atoms with van der Waals surface area (Å²) in [4.78, 5) is 18.6. The number of ether oxygens (including phenoxy) is 1. The number of hydrogen-bond donors (Lipinski definition) is 2. The van der Waals surface area contributed by atoms with Crippen LogP contribution < -0.4 is 15.4 Å². The van der Waals surface area contributed by atoms with E-state index in [2.05, 4.69) is 27.4 Å². The van der Waals surface area contributed by atoms with Crippen molar-refractivity contribution >= 4 is 35.8 Å². The second-order valence-corrected chi connectivity index (χ2v) is 6.83. The molecule has 6 nitrogen and oxygen atoms in total. The smallest absolute Gasteiger partial charge is 0.222 e. The summed E-state index contributed by atoms with van der Waals surface area (Å²) < 4.78 is 6.05. The summed E-state index contributed by atoms with van der Waals surface area (Å²) in [5.74, 6) is 1.88. The van der Waals surface area contributed by atoms with Crippen molar-refractivity contribution in [3.8, 4) is 5.75 Å². The molecular weight excluding hydrogens is 455 g/mol. The highest BCUT2D eigenvalue weighted by Gasteiger charge is 2.22. The number of carbonyl (C=O) groups excluding carboxylic acids is 1. The van der Waals surface area contributed by atoms with E-state index in [1.165, 1.54) is 0 Å². The molecule has 1 saturated heterocycles. The van der Waals surface area contributed by atoms with Crippen LogP contribution in [0.2, 0.25) is 0 Å². The van der Waals surface area contributed by atoms with Gasteiger partial charge in [-0.2, -0.15) is 0 Å². The molecule has 0 aromatic heterocycles. The predicted octanol–water partition coefficient (Wildman–Crippen LogP) is 3.03. The highest BCUT2D eigenvalue weighted by Crippen LogP contribution is 2.18. The number of para-hydroxylation sites is 1. The van der Waals surface area contributed by atoms with Crippen LogP contribution in [-0.2, 0) is 4.79 Å². The number of likely N-dealkylation sites (tertiary alicyclic amines) is 1. The number of aliphatic imine (C=N–C) groups is 1. The molecule has 7 heteroatoms. The SMILES string of the molecule is CCNC(=NCCC(=O)NC(C)C)N1CCC(Oc2ccccc2)CC1.I. The van der Waals surface area contributed by atoms with E-state index < -0.39 is 0 Å².